The molecule has 1 aliphatic heterocycles. The highest BCUT2D eigenvalue weighted by atomic mass is 79.9. The molecule has 146 valence electrons. The summed E-state index contributed by atoms with van der Waals surface area (Å²) in [5, 5.41) is 11.2. The Bertz CT molecular complexity index is 783. The number of hydrogen-bond donors (Lipinski definition) is 2. The predicted molar refractivity (Wildman–Crippen MR) is 102 cm³/mol. The van der Waals surface area contributed by atoms with Crippen molar-refractivity contribution in [2.75, 3.05) is 0 Å². The van der Waals surface area contributed by atoms with Crippen molar-refractivity contribution in [1.29, 1.82) is 5.41 Å². The zero-order chi connectivity index (χ0) is 19.8. The van der Waals surface area contributed by atoms with E-state index in [1.54, 1.807) is 0 Å². The zero-order valence-electron chi connectivity index (χ0n) is 14.7. The maximum Gasteiger partial charge on any atom is 0.130 e. The molecule has 2 N–H and O–H groups in total. The van der Waals surface area contributed by atoms with Gasteiger partial charge in [0.1, 0.15) is 23.3 Å². The van der Waals surface area contributed by atoms with E-state index in [4.69, 9.17) is 5.41 Å². The number of benzene rings is 2. The number of alkyl halides is 1. The second-order valence-corrected chi connectivity index (χ2v) is 6.94. The van der Waals surface area contributed by atoms with Crippen LogP contribution >= 0.6 is 15.9 Å². The lowest BCUT2D eigenvalue weighted by Gasteiger charge is -2.17. The summed E-state index contributed by atoms with van der Waals surface area (Å²) in [7, 11) is 0. The van der Waals surface area contributed by atoms with Gasteiger partial charge < -0.3 is 5.32 Å². The molecule has 7 heteroatoms. The van der Waals surface area contributed by atoms with Crippen LogP contribution in [0.1, 0.15) is 36.8 Å². The summed E-state index contributed by atoms with van der Waals surface area (Å²) in [6.45, 7) is 0. The summed E-state index contributed by atoms with van der Waals surface area (Å²) in [5.41, 5.74) is 0.986. The largest absolute Gasteiger partial charge is 0.371 e. The van der Waals surface area contributed by atoms with E-state index in [0.717, 1.165) is 37.8 Å². The van der Waals surface area contributed by atoms with Crippen molar-refractivity contribution in [2.45, 2.75) is 43.5 Å². The summed E-state index contributed by atoms with van der Waals surface area (Å²) >= 11 is 3.07. The Balaban J connectivity index is 0.000000223. The smallest absolute Gasteiger partial charge is 0.130 e. The average molecular weight is 445 g/mol. The highest BCUT2D eigenvalue weighted by Gasteiger charge is 2.16. The number of nitrogens with one attached hydrogen (secondary N) is 2. The van der Waals surface area contributed by atoms with Crippen LogP contribution in [0.25, 0.3) is 0 Å². The van der Waals surface area contributed by atoms with Crippen LogP contribution in [0.5, 0.6) is 0 Å². The maximum atomic E-state index is 13.5. The van der Waals surface area contributed by atoms with Crippen molar-refractivity contribution in [2.24, 2.45) is 0 Å². The number of halogens is 5. The molecule has 1 aliphatic rings. The second kappa shape index (κ2) is 10.4. The third-order valence-corrected chi connectivity index (χ3v) is 4.85. The zero-order valence-corrected chi connectivity index (χ0v) is 16.3. The molecule has 0 radical (unpaired) electrons. The number of amidine groups is 1. The fourth-order valence-corrected chi connectivity index (χ4v) is 3.27. The van der Waals surface area contributed by atoms with Gasteiger partial charge >= 0.3 is 0 Å². The van der Waals surface area contributed by atoms with Gasteiger partial charge in [0.05, 0.1) is 5.84 Å². The minimum Gasteiger partial charge on any atom is -0.371 e. The van der Waals surface area contributed by atoms with Crippen molar-refractivity contribution >= 4 is 21.8 Å². The minimum atomic E-state index is -0.548. The third-order valence-electron chi connectivity index (χ3n) is 4.25. The summed E-state index contributed by atoms with van der Waals surface area (Å²) in [6, 6.07) is 7.29. The first-order chi connectivity index (χ1) is 12.9. The van der Waals surface area contributed by atoms with E-state index in [0.29, 0.717) is 28.7 Å². The lowest BCUT2D eigenvalue weighted by molar-refractivity contribution is 0.521. The van der Waals surface area contributed by atoms with Crippen molar-refractivity contribution < 1.29 is 17.6 Å². The highest BCUT2D eigenvalue weighted by Crippen LogP contribution is 2.17. The molecular weight excluding hydrogens is 424 g/mol. The standard InChI is InChI=1S/C13H16F2N2.C7H5BrF2/c14-10-6-5-9(12(15)8-10)7-11-3-1-2-4-13(16)17-11;8-4-5-1-2-6(9)3-7(5)10/h5-6,8,11H,1-4,7H2,(H2,16,17);1-3H,4H2. The molecule has 0 bridgehead atoms. The monoisotopic (exact) mass is 444 g/mol. The van der Waals surface area contributed by atoms with Crippen LogP contribution in [-0.2, 0) is 11.8 Å². The van der Waals surface area contributed by atoms with E-state index >= 15 is 0 Å². The molecule has 1 fully saturated rings. The molecule has 3 rings (SSSR count). The van der Waals surface area contributed by atoms with Gasteiger partial charge in [0, 0.05) is 29.9 Å². The third kappa shape index (κ3) is 6.97. The van der Waals surface area contributed by atoms with E-state index in [2.05, 4.69) is 21.2 Å². The maximum absolute atomic E-state index is 13.5. The summed E-state index contributed by atoms with van der Waals surface area (Å²) in [5.74, 6) is -1.57. The van der Waals surface area contributed by atoms with Gasteiger partial charge in [-0.05, 0) is 42.5 Å². The molecule has 1 unspecified atom stereocenters. The molecule has 2 nitrogen and oxygen atoms in total. The van der Waals surface area contributed by atoms with Crippen LogP contribution in [0.3, 0.4) is 0 Å². The van der Waals surface area contributed by atoms with Crippen molar-refractivity contribution in [3.05, 3.63) is 70.8 Å². The lowest BCUT2D eigenvalue weighted by Crippen LogP contribution is -2.34. The Labute approximate surface area is 164 Å². The predicted octanol–water partition coefficient (Wildman–Crippen LogP) is 5.88. The fourth-order valence-electron chi connectivity index (χ4n) is 2.82. The van der Waals surface area contributed by atoms with Gasteiger partial charge in [0.25, 0.3) is 0 Å². The van der Waals surface area contributed by atoms with Crippen molar-refractivity contribution in [3.63, 3.8) is 0 Å². The quantitative estimate of drug-likeness (QED) is 0.450. The number of hydrogen-bond acceptors (Lipinski definition) is 1. The van der Waals surface area contributed by atoms with E-state index < -0.39 is 23.3 Å². The van der Waals surface area contributed by atoms with Gasteiger partial charge in [-0.1, -0.05) is 34.5 Å². The molecule has 0 amide bonds. The second-order valence-electron chi connectivity index (χ2n) is 6.37. The van der Waals surface area contributed by atoms with Crippen molar-refractivity contribution in [1.82, 2.24) is 5.32 Å². The molecule has 1 heterocycles. The van der Waals surface area contributed by atoms with Gasteiger partial charge in [0.2, 0.25) is 0 Å². The van der Waals surface area contributed by atoms with Crippen LogP contribution in [-0.4, -0.2) is 11.9 Å². The normalized spacial score (nSPS) is 16.8. The Morgan fingerprint density at radius 2 is 1.52 bits per heavy atom. The van der Waals surface area contributed by atoms with Crippen molar-refractivity contribution in [3.8, 4) is 0 Å². The van der Waals surface area contributed by atoms with E-state index in [9.17, 15) is 17.6 Å². The van der Waals surface area contributed by atoms with Crippen LogP contribution in [0.2, 0.25) is 0 Å². The molecule has 2 aromatic carbocycles. The average Bonchev–Trinajstić information content (AvgIpc) is 2.82. The molecule has 2 aromatic rings. The van der Waals surface area contributed by atoms with E-state index in [-0.39, 0.29) is 6.04 Å². The first-order valence-corrected chi connectivity index (χ1v) is 9.79. The van der Waals surface area contributed by atoms with Gasteiger partial charge in [0.15, 0.2) is 0 Å². The van der Waals surface area contributed by atoms with Gasteiger partial charge in [-0.3, -0.25) is 5.41 Å². The Morgan fingerprint density at radius 3 is 2.07 bits per heavy atom. The van der Waals surface area contributed by atoms with Crippen LogP contribution in [0.4, 0.5) is 17.6 Å². The molecule has 27 heavy (non-hydrogen) atoms. The molecule has 0 aromatic heterocycles. The summed E-state index contributed by atoms with van der Waals surface area (Å²) < 4.78 is 51.1. The molecule has 1 atom stereocenters. The first-order valence-electron chi connectivity index (χ1n) is 8.67. The van der Waals surface area contributed by atoms with Gasteiger partial charge in [-0.15, -0.1) is 0 Å². The molecule has 0 spiro atoms. The SMILES string of the molecule is Fc1ccc(CBr)c(F)c1.N=C1CCCCC(Cc2ccc(F)cc2F)N1. The van der Waals surface area contributed by atoms with Gasteiger partial charge in [-0.2, -0.15) is 0 Å². The Kier molecular flexibility index (Phi) is 8.28. The summed E-state index contributed by atoms with van der Waals surface area (Å²) in [4.78, 5) is 0. The Hall–Kier alpha value is -1.89. The highest BCUT2D eigenvalue weighted by molar-refractivity contribution is 9.08. The van der Waals surface area contributed by atoms with E-state index in [1.807, 2.05) is 0 Å². The van der Waals surface area contributed by atoms with Gasteiger partial charge in [-0.25, -0.2) is 17.6 Å². The topological polar surface area (TPSA) is 35.9 Å². The summed E-state index contributed by atoms with van der Waals surface area (Å²) in [6.07, 6.45) is 4.26. The molecule has 0 aliphatic carbocycles. The van der Waals surface area contributed by atoms with Crippen LogP contribution in [0.15, 0.2) is 36.4 Å². The Morgan fingerprint density at radius 1 is 0.926 bits per heavy atom. The molecular formula is C20H21BrF4N2. The fraction of sp³-hybridized carbons (Fsp3) is 0.350. The number of rotatable bonds is 3. The van der Waals surface area contributed by atoms with Crippen LogP contribution < -0.4 is 5.32 Å². The minimum absolute atomic E-state index is 0.0879. The van der Waals surface area contributed by atoms with Crippen LogP contribution in [0, 0.1) is 28.7 Å². The van der Waals surface area contributed by atoms with E-state index in [1.165, 1.54) is 24.3 Å². The molecule has 0 saturated carbocycles. The molecule has 1 saturated heterocycles. The first kappa shape index (κ1) is 21.4. The lowest BCUT2D eigenvalue weighted by atomic mass is 10.0.